The lowest BCUT2D eigenvalue weighted by atomic mass is 10.1. The van der Waals surface area contributed by atoms with Crippen molar-refractivity contribution < 1.29 is 4.79 Å². The van der Waals surface area contributed by atoms with Gasteiger partial charge in [-0.3, -0.25) is 10.1 Å². The number of anilines is 1. The van der Waals surface area contributed by atoms with Crippen molar-refractivity contribution in [1.29, 1.82) is 0 Å². The number of hydrogen-bond donors (Lipinski definition) is 2. The number of halogens is 1. The number of carbonyl (C=O) groups is 1. The molecule has 0 aliphatic rings. The van der Waals surface area contributed by atoms with Gasteiger partial charge in [0.2, 0.25) is 0 Å². The maximum Gasteiger partial charge on any atom is 0.257 e. The van der Waals surface area contributed by atoms with Crippen LogP contribution >= 0.6 is 23.8 Å². The van der Waals surface area contributed by atoms with E-state index in [0.29, 0.717) is 16.4 Å². The molecule has 0 atom stereocenters. The maximum absolute atomic E-state index is 11.9. The second-order valence-electron chi connectivity index (χ2n) is 4.14. The molecule has 0 spiro atoms. The Kier molecular flexibility index (Phi) is 4.65. The minimum Gasteiger partial charge on any atom is -0.317 e. The number of amides is 1. The molecule has 20 heavy (non-hydrogen) atoms. The van der Waals surface area contributed by atoms with Crippen LogP contribution in [0.2, 0.25) is 5.02 Å². The van der Waals surface area contributed by atoms with Crippen LogP contribution in [-0.4, -0.2) is 16.0 Å². The number of benzene rings is 1. The van der Waals surface area contributed by atoms with E-state index in [1.807, 2.05) is 19.1 Å². The summed E-state index contributed by atoms with van der Waals surface area (Å²) < 4.78 is 0. The highest BCUT2D eigenvalue weighted by molar-refractivity contribution is 7.80. The highest BCUT2D eigenvalue weighted by Crippen LogP contribution is 2.09. The molecule has 0 aliphatic heterocycles. The Bertz CT molecular complexity index is 626. The fraction of sp³-hybridized carbons (Fsp3) is 0.0714. The van der Waals surface area contributed by atoms with Crippen molar-refractivity contribution in [2.75, 3.05) is 5.32 Å². The smallest absolute Gasteiger partial charge is 0.257 e. The average Bonchev–Trinajstić information content (AvgIpc) is 2.42. The third-order valence-electron chi connectivity index (χ3n) is 2.51. The number of nitrogens with zero attached hydrogens (tertiary/aromatic N) is 1. The molecule has 2 aromatic rings. The second-order valence-corrected chi connectivity index (χ2v) is 4.98. The largest absolute Gasteiger partial charge is 0.317 e. The van der Waals surface area contributed by atoms with Crippen LogP contribution in [0, 0.1) is 6.92 Å². The normalized spacial score (nSPS) is 9.90. The van der Waals surface area contributed by atoms with Gasteiger partial charge in [-0.2, -0.15) is 0 Å². The van der Waals surface area contributed by atoms with E-state index in [-0.39, 0.29) is 11.0 Å². The van der Waals surface area contributed by atoms with Crippen LogP contribution in [0.5, 0.6) is 0 Å². The number of nitrogens with one attached hydrogen (secondary N) is 2. The molecule has 0 bridgehead atoms. The quantitative estimate of drug-likeness (QED) is 0.837. The molecule has 1 aromatic heterocycles. The lowest BCUT2D eigenvalue weighted by molar-refractivity contribution is 0.0978. The summed E-state index contributed by atoms with van der Waals surface area (Å²) in [5, 5.41) is 6.12. The summed E-state index contributed by atoms with van der Waals surface area (Å²) in [5.41, 5.74) is 1.64. The minimum absolute atomic E-state index is 0.186. The third-order valence-corrected chi connectivity index (χ3v) is 2.94. The highest BCUT2D eigenvalue weighted by atomic mass is 35.5. The zero-order chi connectivity index (χ0) is 14.5. The van der Waals surface area contributed by atoms with E-state index < -0.39 is 0 Å². The van der Waals surface area contributed by atoms with E-state index in [1.54, 1.807) is 24.3 Å². The van der Waals surface area contributed by atoms with Crippen LogP contribution in [-0.2, 0) is 0 Å². The van der Waals surface area contributed by atoms with Crippen LogP contribution in [0.15, 0.2) is 42.6 Å². The lowest BCUT2D eigenvalue weighted by Crippen LogP contribution is -2.34. The molecule has 0 aliphatic carbocycles. The van der Waals surface area contributed by atoms with E-state index in [2.05, 4.69) is 15.6 Å². The first-order chi connectivity index (χ1) is 9.54. The first-order valence-corrected chi connectivity index (χ1v) is 6.64. The maximum atomic E-state index is 11.9. The van der Waals surface area contributed by atoms with Crippen molar-refractivity contribution in [3.63, 3.8) is 0 Å². The molecule has 2 N–H and O–H groups in total. The number of pyridine rings is 1. The first kappa shape index (κ1) is 14.4. The van der Waals surface area contributed by atoms with E-state index in [4.69, 9.17) is 23.8 Å². The molecule has 0 saturated carbocycles. The molecule has 4 nitrogen and oxygen atoms in total. The summed E-state index contributed by atoms with van der Waals surface area (Å²) in [4.78, 5) is 16.0. The van der Waals surface area contributed by atoms with Crippen molar-refractivity contribution in [2.24, 2.45) is 0 Å². The van der Waals surface area contributed by atoms with Gasteiger partial charge in [0.05, 0.1) is 5.02 Å². The van der Waals surface area contributed by atoms with Gasteiger partial charge in [-0.25, -0.2) is 4.98 Å². The number of aromatic nitrogens is 1. The van der Waals surface area contributed by atoms with Gasteiger partial charge in [-0.1, -0.05) is 29.3 Å². The Morgan fingerprint density at radius 2 is 1.90 bits per heavy atom. The molecule has 1 amide bonds. The zero-order valence-electron chi connectivity index (χ0n) is 10.7. The first-order valence-electron chi connectivity index (χ1n) is 5.85. The molecular weight excluding hydrogens is 294 g/mol. The Balaban J connectivity index is 1.95. The van der Waals surface area contributed by atoms with Crippen LogP contribution in [0.25, 0.3) is 0 Å². The Morgan fingerprint density at radius 1 is 1.20 bits per heavy atom. The van der Waals surface area contributed by atoms with Gasteiger partial charge in [0, 0.05) is 11.8 Å². The molecule has 0 fully saturated rings. The summed E-state index contributed by atoms with van der Waals surface area (Å²) in [5.74, 6) is 0.250. The molecule has 0 unspecified atom stereocenters. The fourth-order valence-electron chi connectivity index (χ4n) is 1.48. The number of thiocarbonyl (C=S) groups is 1. The predicted molar refractivity (Wildman–Crippen MR) is 84.1 cm³/mol. The van der Waals surface area contributed by atoms with Crippen molar-refractivity contribution in [2.45, 2.75) is 6.92 Å². The molecule has 102 valence electrons. The van der Waals surface area contributed by atoms with E-state index in [1.165, 1.54) is 6.20 Å². The topological polar surface area (TPSA) is 54.0 Å². The van der Waals surface area contributed by atoms with Crippen LogP contribution < -0.4 is 10.6 Å². The number of carbonyl (C=O) groups excluding carboxylic acids is 1. The Morgan fingerprint density at radius 3 is 2.50 bits per heavy atom. The van der Waals surface area contributed by atoms with Crippen molar-refractivity contribution in [3.05, 3.63) is 58.7 Å². The summed E-state index contributed by atoms with van der Waals surface area (Å²) in [6.45, 7) is 1.96. The average molecular weight is 306 g/mol. The van der Waals surface area contributed by atoms with Crippen molar-refractivity contribution in [3.8, 4) is 0 Å². The monoisotopic (exact) mass is 305 g/mol. The minimum atomic E-state index is -0.267. The van der Waals surface area contributed by atoms with Gasteiger partial charge in [0.15, 0.2) is 5.11 Å². The summed E-state index contributed by atoms with van der Waals surface area (Å²) >= 11 is 10.8. The summed E-state index contributed by atoms with van der Waals surface area (Å²) in [7, 11) is 0. The van der Waals surface area contributed by atoms with Crippen LogP contribution in [0.4, 0.5) is 5.82 Å². The summed E-state index contributed by atoms with van der Waals surface area (Å²) in [6, 6.07) is 10.6. The SMILES string of the molecule is Cc1ccc(C(=O)NC(=S)Nc2ccc(Cl)cn2)cc1. The van der Waals surface area contributed by atoms with Gasteiger partial charge in [0.25, 0.3) is 5.91 Å². The number of aryl methyl sites for hydroxylation is 1. The number of hydrogen-bond acceptors (Lipinski definition) is 3. The molecule has 0 saturated heterocycles. The van der Waals surface area contributed by atoms with E-state index >= 15 is 0 Å². The van der Waals surface area contributed by atoms with Crippen LogP contribution in [0.3, 0.4) is 0 Å². The van der Waals surface area contributed by atoms with E-state index in [9.17, 15) is 4.79 Å². The molecular formula is C14H12ClN3OS. The van der Waals surface area contributed by atoms with Gasteiger partial charge in [-0.05, 0) is 43.4 Å². The standard InChI is InChI=1S/C14H12ClN3OS/c1-9-2-4-10(5-3-9)13(19)18-14(20)17-12-7-6-11(15)8-16-12/h2-8H,1H3,(H2,16,17,18,19,20). The summed E-state index contributed by atoms with van der Waals surface area (Å²) in [6.07, 6.45) is 1.49. The highest BCUT2D eigenvalue weighted by Gasteiger charge is 2.07. The van der Waals surface area contributed by atoms with Crippen LogP contribution in [0.1, 0.15) is 15.9 Å². The zero-order valence-corrected chi connectivity index (χ0v) is 12.3. The van der Waals surface area contributed by atoms with Crippen molar-refractivity contribution in [1.82, 2.24) is 10.3 Å². The second kappa shape index (κ2) is 6.45. The molecule has 0 radical (unpaired) electrons. The van der Waals surface area contributed by atoms with Gasteiger partial charge < -0.3 is 5.32 Å². The van der Waals surface area contributed by atoms with Gasteiger partial charge in [-0.15, -0.1) is 0 Å². The molecule has 1 aromatic carbocycles. The molecule has 1 heterocycles. The molecule has 2 rings (SSSR count). The van der Waals surface area contributed by atoms with Crippen molar-refractivity contribution >= 4 is 40.7 Å². The van der Waals surface area contributed by atoms with Gasteiger partial charge in [0.1, 0.15) is 5.82 Å². The Labute approximate surface area is 127 Å². The third kappa shape index (κ3) is 4.01. The lowest BCUT2D eigenvalue weighted by Gasteiger charge is -2.09. The number of rotatable bonds is 2. The fourth-order valence-corrected chi connectivity index (χ4v) is 1.79. The van der Waals surface area contributed by atoms with E-state index in [0.717, 1.165) is 5.56 Å². The predicted octanol–water partition coefficient (Wildman–Crippen LogP) is 3.17. The Hall–Kier alpha value is -1.98. The molecule has 6 heteroatoms. The van der Waals surface area contributed by atoms with Gasteiger partial charge >= 0.3 is 0 Å².